The molecule has 1 aromatic carbocycles. The number of aromatic nitrogens is 3. The van der Waals surface area contributed by atoms with Gasteiger partial charge in [-0.3, -0.25) is 0 Å². The summed E-state index contributed by atoms with van der Waals surface area (Å²) in [6, 6.07) is 8.61. The van der Waals surface area contributed by atoms with E-state index >= 15 is 0 Å². The van der Waals surface area contributed by atoms with E-state index in [1.807, 2.05) is 12.3 Å². The molecule has 0 spiro atoms. The van der Waals surface area contributed by atoms with Crippen molar-refractivity contribution in [3.8, 4) is 10.6 Å². The number of rotatable bonds is 4. The standard InChI is InChI=1S/C20H24N6OS/c1-2-6-17-16(5-1)24-19(28-17)15-13-22-20(26-8-10-27-11-9-26)25-18(15)23-14-4-3-7-21-12-14/h1-2,5-6,13-14,21H,3-4,7-12H2,(H,22,23,25)/t14-/m0/s1. The van der Waals surface area contributed by atoms with Gasteiger partial charge in [-0.2, -0.15) is 4.98 Å². The average Bonchev–Trinajstić information content (AvgIpc) is 3.19. The van der Waals surface area contributed by atoms with Crippen LogP contribution in [0.3, 0.4) is 0 Å². The van der Waals surface area contributed by atoms with Gasteiger partial charge in [-0.1, -0.05) is 12.1 Å². The van der Waals surface area contributed by atoms with Gasteiger partial charge in [-0.05, 0) is 31.5 Å². The van der Waals surface area contributed by atoms with Crippen molar-refractivity contribution >= 4 is 33.3 Å². The lowest BCUT2D eigenvalue weighted by atomic mass is 10.1. The van der Waals surface area contributed by atoms with Gasteiger partial charge in [0.2, 0.25) is 5.95 Å². The van der Waals surface area contributed by atoms with Gasteiger partial charge in [0.1, 0.15) is 10.8 Å². The fourth-order valence-electron chi connectivity index (χ4n) is 3.71. The van der Waals surface area contributed by atoms with E-state index < -0.39 is 0 Å². The molecular formula is C20H24N6OS. The van der Waals surface area contributed by atoms with E-state index in [0.29, 0.717) is 6.04 Å². The van der Waals surface area contributed by atoms with Crippen molar-refractivity contribution in [3.05, 3.63) is 30.5 Å². The molecule has 0 bridgehead atoms. The molecule has 2 fully saturated rings. The molecular weight excluding hydrogens is 372 g/mol. The molecule has 146 valence electrons. The Morgan fingerprint density at radius 3 is 2.89 bits per heavy atom. The van der Waals surface area contributed by atoms with Crippen LogP contribution in [0.2, 0.25) is 0 Å². The molecule has 0 saturated carbocycles. The van der Waals surface area contributed by atoms with Crippen molar-refractivity contribution in [3.63, 3.8) is 0 Å². The third-order valence-electron chi connectivity index (χ3n) is 5.23. The van der Waals surface area contributed by atoms with Crippen molar-refractivity contribution in [2.45, 2.75) is 18.9 Å². The Balaban J connectivity index is 1.52. The lowest BCUT2D eigenvalue weighted by Gasteiger charge is -2.28. The van der Waals surface area contributed by atoms with Crippen LogP contribution in [0.25, 0.3) is 20.8 Å². The smallest absolute Gasteiger partial charge is 0.227 e. The third kappa shape index (κ3) is 3.67. The van der Waals surface area contributed by atoms with Gasteiger partial charge in [0.25, 0.3) is 0 Å². The number of morpholine rings is 1. The Labute approximate surface area is 168 Å². The number of anilines is 2. The maximum atomic E-state index is 5.47. The molecule has 7 nitrogen and oxygen atoms in total. The molecule has 2 aliphatic heterocycles. The zero-order valence-corrected chi connectivity index (χ0v) is 16.5. The largest absolute Gasteiger partial charge is 0.378 e. The molecule has 4 heterocycles. The van der Waals surface area contributed by atoms with E-state index in [4.69, 9.17) is 14.7 Å². The van der Waals surface area contributed by atoms with Crippen LogP contribution in [0.1, 0.15) is 12.8 Å². The quantitative estimate of drug-likeness (QED) is 0.702. The topological polar surface area (TPSA) is 75.2 Å². The molecule has 0 unspecified atom stereocenters. The van der Waals surface area contributed by atoms with Crippen LogP contribution in [-0.2, 0) is 4.74 Å². The molecule has 0 aliphatic carbocycles. The van der Waals surface area contributed by atoms with E-state index in [0.717, 1.165) is 73.7 Å². The Hall–Kier alpha value is -2.29. The molecule has 3 aromatic rings. The van der Waals surface area contributed by atoms with Gasteiger partial charge in [0.05, 0.1) is 29.0 Å². The number of nitrogens with zero attached hydrogens (tertiary/aromatic N) is 4. The second-order valence-corrected chi connectivity index (χ2v) is 8.24. The minimum absolute atomic E-state index is 0.370. The number of fused-ring (bicyclic) bond motifs is 1. The van der Waals surface area contributed by atoms with Crippen LogP contribution in [0.15, 0.2) is 30.5 Å². The van der Waals surface area contributed by atoms with E-state index in [-0.39, 0.29) is 0 Å². The number of thiazole rings is 1. The molecule has 1 atom stereocenters. The first kappa shape index (κ1) is 17.8. The summed E-state index contributed by atoms with van der Waals surface area (Å²) in [7, 11) is 0. The van der Waals surface area contributed by atoms with Gasteiger partial charge >= 0.3 is 0 Å². The summed E-state index contributed by atoms with van der Waals surface area (Å²) in [4.78, 5) is 16.6. The van der Waals surface area contributed by atoms with Gasteiger partial charge in [0.15, 0.2) is 0 Å². The molecule has 2 N–H and O–H groups in total. The number of benzene rings is 1. The van der Waals surface area contributed by atoms with E-state index in [9.17, 15) is 0 Å². The summed E-state index contributed by atoms with van der Waals surface area (Å²) in [5.41, 5.74) is 1.99. The number of hydrogen-bond acceptors (Lipinski definition) is 8. The van der Waals surface area contributed by atoms with Gasteiger partial charge in [0, 0.05) is 31.9 Å². The third-order valence-corrected chi connectivity index (χ3v) is 6.30. The summed E-state index contributed by atoms with van der Waals surface area (Å²) in [6.07, 6.45) is 4.24. The predicted octanol–water partition coefficient (Wildman–Crippen LogP) is 2.75. The average molecular weight is 397 g/mol. The highest BCUT2D eigenvalue weighted by atomic mass is 32.1. The van der Waals surface area contributed by atoms with E-state index in [1.165, 1.54) is 11.1 Å². The number of para-hydroxylation sites is 1. The fourth-order valence-corrected chi connectivity index (χ4v) is 4.69. The zero-order valence-electron chi connectivity index (χ0n) is 15.7. The highest BCUT2D eigenvalue weighted by molar-refractivity contribution is 7.21. The number of hydrogen-bond donors (Lipinski definition) is 2. The van der Waals surface area contributed by atoms with Crippen LogP contribution >= 0.6 is 11.3 Å². The summed E-state index contributed by atoms with van der Waals surface area (Å²) in [6.45, 7) is 5.13. The van der Waals surface area contributed by atoms with Crippen molar-refractivity contribution < 1.29 is 4.74 Å². The zero-order chi connectivity index (χ0) is 18.8. The van der Waals surface area contributed by atoms with Gasteiger partial charge < -0.3 is 20.3 Å². The maximum Gasteiger partial charge on any atom is 0.227 e. The van der Waals surface area contributed by atoms with Crippen molar-refractivity contribution in [1.29, 1.82) is 0 Å². The van der Waals surface area contributed by atoms with Crippen LogP contribution in [0, 0.1) is 0 Å². The molecule has 8 heteroatoms. The normalized spacial score (nSPS) is 20.4. The molecule has 2 saturated heterocycles. The SMILES string of the molecule is c1ccc2sc(-c3cnc(N4CCOCC4)nc3N[C@H]3CCCNC3)nc2c1. The van der Waals surface area contributed by atoms with E-state index in [1.54, 1.807) is 11.3 Å². The Morgan fingerprint density at radius 1 is 1.18 bits per heavy atom. The fraction of sp³-hybridized carbons (Fsp3) is 0.450. The molecule has 28 heavy (non-hydrogen) atoms. The minimum atomic E-state index is 0.370. The molecule has 5 rings (SSSR count). The maximum absolute atomic E-state index is 5.47. The van der Waals surface area contributed by atoms with Crippen molar-refractivity contribution in [2.24, 2.45) is 0 Å². The Morgan fingerprint density at radius 2 is 2.07 bits per heavy atom. The lowest BCUT2D eigenvalue weighted by Crippen LogP contribution is -2.39. The highest BCUT2D eigenvalue weighted by Crippen LogP contribution is 2.34. The van der Waals surface area contributed by atoms with Crippen molar-refractivity contribution in [1.82, 2.24) is 20.3 Å². The number of ether oxygens (including phenoxy) is 1. The van der Waals surface area contributed by atoms with Crippen LogP contribution in [0.5, 0.6) is 0 Å². The second-order valence-electron chi connectivity index (χ2n) is 7.21. The second kappa shape index (κ2) is 7.98. The number of piperidine rings is 1. The van der Waals surface area contributed by atoms with Crippen molar-refractivity contribution in [2.75, 3.05) is 49.6 Å². The van der Waals surface area contributed by atoms with Gasteiger partial charge in [-0.25, -0.2) is 9.97 Å². The molecule has 0 radical (unpaired) electrons. The Kier molecular flexibility index (Phi) is 5.07. The highest BCUT2D eigenvalue weighted by Gasteiger charge is 2.21. The summed E-state index contributed by atoms with van der Waals surface area (Å²) in [5.74, 6) is 1.64. The van der Waals surface area contributed by atoms with E-state index in [2.05, 4.69) is 38.7 Å². The predicted molar refractivity (Wildman–Crippen MR) is 113 cm³/mol. The summed E-state index contributed by atoms with van der Waals surface area (Å²) < 4.78 is 6.65. The van der Waals surface area contributed by atoms with Crippen LogP contribution in [0.4, 0.5) is 11.8 Å². The lowest BCUT2D eigenvalue weighted by molar-refractivity contribution is 0.122. The first-order valence-corrected chi connectivity index (χ1v) is 10.7. The minimum Gasteiger partial charge on any atom is -0.378 e. The number of nitrogens with one attached hydrogen (secondary N) is 2. The molecule has 0 amide bonds. The molecule has 2 aliphatic rings. The van der Waals surface area contributed by atoms with Crippen LogP contribution < -0.4 is 15.5 Å². The van der Waals surface area contributed by atoms with Gasteiger partial charge in [-0.15, -0.1) is 11.3 Å². The monoisotopic (exact) mass is 396 g/mol. The van der Waals surface area contributed by atoms with Crippen LogP contribution in [-0.4, -0.2) is 60.4 Å². The molecule has 2 aromatic heterocycles. The summed E-state index contributed by atoms with van der Waals surface area (Å²) >= 11 is 1.69. The Bertz CT molecular complexity index is 916. The summed E-state index contributed by atoms with van der Waals surface area (Å²) in [5, 5.41) is 8.09. The first-order valence-electron chi connectivity index (χ1n) is 9.90. The first-order chi connectivity index (χ1) is 13.9.